The van der Waals surface area contributed by atoms with Crippen LogP contribution in [0.25, 0.3) is 0 Å². The van der Waals surface area contributed by atoms with Gasteiger partial charge in [0, 0.05) is 11.3 Å². The van der Waals surface area contributed by atoms with Gasteiger partial charge in [-0.05, 0) is 37.6 Å². The molecule has 0 atom stereocenters. The Balaban J connectivity index is 2.41. The number of nitrogens with zero attached hydrogens (tertiary/aromatic N) is 1. The molecular weight excluding hydrogens is 285 g/mol. The van der Waals surface area contributed by atoms with Gasteiger partial charge < -0.3 is 5.11 Å². The van der Waals surface area contributed by atoms with Crippen molar-refractivity contribution in [1.82, 2.24) is 10.2 Å². The fourth-order valence-corrected chi connectivity index (χ4v) is 3.10. The molecule has 1 heterocycles. The van der Waals surface area contributed by atoms with Gasteiger partial charge in [-0.2, -0.15) is 13.5 Å². The van der Waals surface area contributed by atoms with Crippen molar-refractivity contribution in [3.8, 4) is 0 Å². The van der Waals surface area contributed by atoms with Crippen molar-refractivity contribution in [2.45, 2.75) is 25.5 Å². The van der Waals surface area contributed by atoms with Gasteiger partial charge in [-0.25, -0.2) is 4.39 Å². The fraction of sp³-hybridized carbons (Fsp3) is 0.250. The van der Waals surface area contributed by atoms with E-state index in [4.69, 9.17) is 0 Å². The third kappa shape index (κ3) is 2.66. The molecule has 3 N–H and O–H groups in total. The summed E-state index contributed by atoms with van der Waals surface area (Å²) in [5.41, 5.74) is 1.39. The topological polar surface area (TPSA) is 95.1 Å². The van der Waals surface area contributed by atoms with Crippen LogP contribution in [-0.4, -0.2) is 23.7 Å². The summed E-state index contributed by atoms with van der Waals surface area (Å²) >= 11 is 0. The number of hydrogen-bond donors (Lipinski definition) is 3. The molecular formula is C12H14FN3O3S. The quantitative estimate of drug-likeness (QED) is 0.796. The van der Waals surface area contributed by atoms with Crippen molar-refractivity contribution in [2.24, 2.45) is 0 Å². The average molecular weight is 299 g/mol. The van der Waals surface area contributed by atoms with Crippen LogP contribution in [0.4, 0.5) is 10.1 Å². The van der Waals surface area contributed by atoms with E-state index in [2.05, 4.69) is 14.9 Å². The number of rotatable bonds is 4. The van der Waals surface area contributed by atoms with Crippen molar-refractivity contribution < 1.29 is 17.9 Å². The molecule has 20 heavy (non-hydrogen) atoms. The van der Waals surface area contributed by atoms with Gasteiger partial charge >= 0.3 is 0 Å². The molecule has 108 valence electrons. The van der Waals surface area contributed by atoms with Gasteiger partial charge in [0.2, 0.25) is 5.03 Å². The highest BCUT2D eigenvalue weighted by molar-refractivity contribution is 7.92. The summed E-state index contributed by atoms with van der Waals surface area (Å²) in [6, 6.07) is 3.72. The van der Waals surface area contributed by atoms with Crippen molar-refractivity contribution in [3.63, 3.8) is 0 Å². The monoisotopic (exact) mass is 299 g/mol. The molecule has 0 fully saturated rings. The number of nitrogens with one attached hydrogen (secondary N) is 2. The van der Waals surface area contributed by atoms with E-state index in [9.17, 15) is 17.9 Å². The van der Waals surface area contributed by atoms with Crippen LogP contribution in [0, 0.1) is 19.7 Å². The molecule has 6 nitrogen and oxygen atoms in total. The van der Waals surface area contributed by atoms with Crippen LogP contribution in [0.15, 0.2) is 23.2 Å². The molecule has 8 heteroatoms. The van der Waals surface area contributed by atoms with Gasteiger partial charge in [-0.3, -0.25) is 9.82 Å². The van der Waals surface area contributed by atoms with Crippen LogP contribution < -0.4 is 4.72 Å². The highest BCUT2D eigenvalue weighted by Gasteiger charge is 2.24. The lowest BCUT2D eigenvalue weighted by atomic mass is 10.2. The zero-order valence-corrected chi connectivity index (χ0v) is 11.8. The van der Waals surface area contributed by atoms with Crippen LogP contribution in [0.5, 0.6) is 0 Å². The number of aromatic nitrogens is 2. The molecule has 1 aromatic heterocycles. The summed E-state index contributed by atoms with van der Waals surface area (Å²) in [6.07, 6.45) is 0. The fourth-order valence-electron chi connectivity index (χ4n) is 1.77. The highest BCUT2D eigenvalue weighted by atomic mass is 32.2. The van der Waals surface area contributed by atoms with Gasteiger partial charge in [0.25, 0.3) is 10.0 Å². The first-order valence-corrected chi connectivity index (χ1v) is 7.27. The first-order chi connectivity index (χ1) is 9.35. The Hall–Kier alpha value is -1.93. The number of halogens is 1. The lowest BCUT2D eigenvalue weighted by Gasteiger charge is -2.09. The number of benzene rings is 1. The standard InChI is InChI=1S/C12H14FN3O3S/c1-7-5-9(13)3-4-11(7)16-20(18,19)12-10(6-17)8(2)14-15-12/h3-5,16-17H,6H2,1-2H3,(H,14,15). The van der Waals surface area contributed by atoms with Crippen molar-refractivity contribution >= 4 is 15.7 Å². The Kier molecular flexibility index (Phi) is 3.78. The Labute approximate surface area is 115 Å². The average Bonchev–Trinajstić information content (AvgIpc) is 2.74. The van der Waals surface area contributed by atoms with Crippen LogP contribution >= 0.6 is 0 Å². The Morgan fingerprint density at radius 3 is 2.70 bits per heavy atom. The second-order valence-electron chi connectivity index (χ2n) is 4.36. The predicted octanol–water partition coefficient (Wildman–Crippen LogP) is 1.46. The van der Waals surface area contributed by atoms with E-state index in [1.165, 1.54) is 12.1 Å². The normalized spacial score (nSPS) is 11.6. The number of aromatic amines is 1. The Morgan fingerprint density at radius 2 is 2.10 bits per heavy atom. The molecule has 1 aromatic carbocycles. The summed E-state index contributed by atoms with van der Waals surface area (Å²) in [4.78, 5) is 0. The largest absolute Gasteiger partial charge is 0.392 e. The molecule has 0 amide bonds. The molecule has 0 radical (unpaired) electrons. The number of hydrogen-bond acceptors (Lipinski definition) is 4. The van der Waals surface area contributed by atoms with Crippen molar-refractivity contribution in [2.75, 3.05) is 4.72 Å². The molecule has 0 aliphatic carbocycles. The van der Waals surface area contributed by atoms with Crippen molar-refractivity contribution in [1.29, 1.82) is 0 Å². The molecule has 0 aliphatic heterocycles. The highest BCUT2D eigenvalue weighted by Crippen LogP contribution is 2.22. The van der Waals surface area contributed by atoms with Gasteiger partial charge in [-0.15, -0.1) is 0 Å². The molecule has 2 rings (SSSR count). The SMILES string of the molecule is Cc1cc(F)ccc1NS(=O)(=O)c1n[nH]c(C)c1CO. The van der Waals surface area contributed by atoms with Gasteiger partial charge in [-0.1, -0.05) is 0 Å². The number of H-pyrrole nitrogens is 1. The van der Waals surface area contributed by atoms with Crippen LogP contribution in [0.1, 0.15) is 16.8 Å². The van der Waals surface area contributed by atoms with E-state index in [0.29, 0.717) is 11.3 Å². The molecule has 0 bridgehead atoms. The van der Waals surface area contributed by atoms with Crippen LogP contribution in [0.3, 0.4) is 0 Å². The first kappa shape index (κ1) is 14.5. The van der Waals surface area contributed by atoms with Gasteiger partial charge in [0.1, 0.15) is 5.82 Å². The summed E-state index contributed by atoms with van der Waals surface area (Å²) in [5.74, 6) is -0.447. The van der Waals surface area contributed by atoms with E-state index in [1.807, 2.05) is 0 Å². The Bertz CT molecular complexity index is 740. The molecule has 0 saturated heterocycles. The zero-order chi connectivity index (χ0) is 14.9. The van der Waals surface area contributed by atoms with Gasteiger partial charge in [0.05, 0.1) is 12.3 Å². The van der Waals surface area contributed by atoms with E-state index < -0.39 is 22.4 Å². The predicted molar refractivity (Wildman–Crippen MR) is 71.2 cm³/mol. The van der Waals surface area contributed by atoms with E-state index in [-0.39, 0.29) is 16.3 Å². The van der Waals surface area contributed by atoms with E-state index in [0.717, 1.165) is 6.07 Å². The number of aryl methyl sites for hydroxylation is 2. The van der Waals surface area contributed by atoms with Crippen LogP contribution in [-0.2, 0) is 16.6 Å². The summed E-state index contributed by atoms with van der Waals surface area (Å²) < 4.78 is 39.8. The minimum Gasteiger partial charge on any atom is -0.392 e. The molecule has 0 spiro atoms. The number of anilines is 1. The van der Waals surface area contributed by atoms with E-state index >= 15 is 0 Å². The third-order valence-electron chi connectivity index (χ3n) is 2.88. The smallest absolute Gasteiger partial charge is 0.281 e. The Morgan fingerprint density at radius 1 is 1.40 bits per heavy atom. The molecule has 0 unspecified atom stereocenters. The van der Waals surface area contributed by atoms with Crippen LogP contribution in [0.2, 0.25) is 0 Å². The minimum absolute atomic E-state index is 0.206. The zero-order valence-electron chi connectivity index (χ0n) is 10.9. The maximum absolute atomic E-state index is 13.0. The maximum Gasteiger partial charge on any atom is 0.281 e. The first-order valence-electron chi connectivity index (χ1n) is 5.79. The van der Waals surface area contributed by atoms with Gasteiger partial charge in [0.15, 0.2) is 0 Å². The van der Waals surface area contributed by atoms with E-state index in [1.54, 1.807) is 13.8 Å². The summed E-state index contributed by atoms with van der Waals surface area (Å²) in [6.45, 7) is 2.76. The second kappa shape index (κ2) is 5.22. The maximum atomic E-state index is 13.0. The summed E-state index contributed by atoms with van der Waals surface area (Å²) in [7, 11) is -3.95. The number of sulfonamides is 1. The number of aliphatic hydroxyl groups is 1. The molecule has 0 aliphatic rings. The lowest BCUT2D eigenvalue weighted by Crippen LogP contribution is -2.16. The van der Waals surface area contributed by atoms with Crippen molar-refractivity contribution in [3.05, 3.63) is 40.8 Å². The molecule has 0 saturated carbocycles. The second-order valence-corrected chi connectivity index (χ2v) is 5.95. The minimum atomic E-state index is -3.95. The molecule has 2 aromatic rings. The third-order valence-corrected chi connectivity index (χ3v) is 4.22. The number of aliphatic hydroxyl groups excluding tert-OH is 1. The summed E-state index contributed by atoms with van der Waals surface area (Å²) in [5, 5.41) is 15.2. The lowest BCUT2D eigenvalue weighted by molar-refractivity contribution is 0.277.